The monoisotopic (exact) mass is 211 g/mol. The van der Waals surface area contributed by atoms with Gasteiger partial charge in [0.1, 0.15) is 0 Å². The number of likely N-dealkylation sites (N-methyl/N-ethyl adjacent to an activating group) is 1. The normalized spacial score (nSPS) is 34.9. The van der Waals surface area contributed by atoms with Crippen LogP contribution in [0.15, 0.2) is 0 Å². The number of carbonyl (C=O) groups excluding carboxylic acids is 1. The van der Waals surface area contributed by atoms with E-state index in [1.54, 1.807) is 0 Å². The molecule has 2 aliphatic rings. The van der Waals surface area contributed by atoms with E-state index in [0.717, 1.165) is 19.4 Å². The summed E-state index contributed by atoms with van der Waals surface area (Å²) in [7, 11) is 3.87. The Balaban J connectivity index is 1.97. The molecule has 0 aromatic carbocycles. The highest BCUT2D eigenvalue weighted by molar-refractivity contribution is 5.79. The van der Waals surface area contributed by atoms with Gasteiger partial charge in [-0.05, 0) is 39.3 Å². The number of rotatable bonds is 2. The van der Waals surface area contributed by atoms with Gasteiger partial charge in [-0.1, -0.05) is 0 Å². The highest BCUT2D eigenvalue weighted by Gasteiger charge is 2.40. The Labute approximate surface area is 91.4 Å². The van der Waals surface area contributed by atoms with Crippen molar-refractivity contribution in [2.45, 2.75) is 31.3 Å². The van der Waals surface area contributed by atoms with Crippen LogP contribution in [-0.2, 0) is 4.79 Å². The van der Waals surface area contributed by atoms with Gasteiger partial charge in [0.05, 0.1) is 6.54 Å². The predicted molar refractivity (Wildman–Crippen MR) is 59.4 cm³/mol. The molecular formula is C11H21N3O. The second kappa shape index (κ2) is 4.10. The number of amides is 1. The number of nitrogens with zero attached hydrogens (tertiary/aromatic N) is 2. The van der Waals surface area contributed by atoms with Crippen LogP contribution >= 0.6 is 0 Å². The molecule has 15 heavy (non-hydrogen) atoms. The molecule has 0 aromatic heterocycles. The van der Waals surface area contributed by atoms with Crippen molar-refractivity contribution in [3.8, 4) is 0 Å². The zero-order valence-corrected chi connectivity index (χ0v) is 9.65. The van der Waals surface area contributed by atoms with Gasteiger partial charge in [0, 0.05) is 18.6 Å². The van der Waals surface area contributed by atoms with Crippen molar-refractivity contribution in [3.05, 3.63) is 0 Å². The largest absolute Gasteiger partial charge is 0.338 e. The molecule has 86 valence electrons. The maximum Gasteiger partial charge on any atom is 0.236 e. The van der Waals surface area contributed by atoms with Crippen molar-refractivity contribution in [2.24, 2.45) is 11.7 Å². The zero-order chi connectivity index (χ0) is 11.0. The average molecular weight is 211 g/mol. The van der Waals surface area contributed by atoms with E-state index in [4.69, 9.17) is 5.73 Å². The van der Waals surface area contributed by atoms with Crippen molar-refractivity contribution < 1.29 is 4.79 Å². The Morgan fingerprint density at radius 1 is 1.40 bits per heavy atom. The molecule has 1 saturated heterocycles. The number of hydrogen-bond donors (Lipinski definition) is 1. The van der Waals surface area contributed by atoms with E-state index in [2.05, 4.69) is 4.90 Å². The first kappa shape index (κ1) is 10.9. The Morgan fingerprint density at radius 3 is 2.80 bits per heavy atom. The summed E-state index contributed by atoms with van der Waals surface area (Å²) in [5.41, 5.74) is 5.97. The van der Waals surface area contributed by atoms with Crippen molar-refractivity contribution in [1.82, 2.24) is 9.80 Å². The molecule has 4 heteroatoms. The topological polar surface area (TPSA) is 49.6 Å². The smallest absolute Gasteiger partial charge is 0.236 e. The minimum atomic E-state index is 0.265. The van der Waals surface area contributed by atoms with Crippen LogP contribution in [-0.4, -0.2) is 55.0 Å². The van der Waals surface area contributed by atoms with E-state index in [0.29, 0.717) is 24.5 Å². The summed E-state index contributed by atoms with van der Waals surface area (Å²) in [4.78, 5) is 15.9. The van der Waals surface area contributed by atoms with Crippen LogP contribution in [0.25, 0.3) is 0 Å². The maximum absolute atomic E-state index is 11.9. The second-order valence-corrected chi connectivity index (χ2v) is 5.27. The molecule has 3 atom stereocenters. The molecule has 1 heterocycles. The summed E-state index contributed by atoms with van der Waals surface area (Å²) < 4.78 is 0. The van der Waals surface area contributed by atoms with Crippen molar-refractivity contribution in [2.75, 3.05) is 27.2 Å². The summed E-state index contributed by atoms with van der Waals surface area (Å²) >= 11 is 0. The quantitative estimate of drug-likeness (QED) is 0.693. The molecule has 2 rings (SSSR count). The second-order valence-electron chi connectivity index (χ2n) is 5.27. The Kier molecular flexibility index (Phi) is 2.98. The molecule has 2 N–H and O–H groups in total. The molecule has 1 saturated carbocycles. The highest BCUT2D eigenvalue weighted by atomic mass is 16.2. The van der Waals surface area contributed by atoms with E-state index in [1.807, 2.05) is 19.0 Å². The van der Waals surface area contributed by atoms with Gasteiger partial charge in [0.25, 0.3) is 0 Å². The van der Waals surface area contributed by atoms with Gasteiger partial charge in [0.15, 0.2) is 0 Å². The van der Waals surface area contributed by atoms with Gasteiger partial charge in [0.2, 0.25) is 5.91 Å². The van der Waals surface area contributed by atoms with Crippen LogP contribution in [0.4, 0.5) is 0 Å². The molecular weight excluding hydrogens is 190 g/mol. The lowest BCUT2D eigenvalue weighted by Gasteiger charge is -2.28. The lowest BCUT2D eigenvalue weighted by Crippen LogP contribution is -2.42. The van der Waals surface area contributed by atoms with Crippen LogP contribution in [0.5, 0.6) is 0 Å². The number of hydrogen-bond acceptors (Lipinski definition) is 3. The highest BCUT2D eigenvalue weighted by Crippen LogP contribution is 2.34. The van der Waals surface area contributed by atoms with Gasteiger partial charge in [-0.25, -0.2) is 0 Å². The number of nitrogens with two attached hydrogens (primary N) is 1. The zero-order valence-electron chi connectivity index (χ0n) is 9.65. The summed E-state index contributed by atoms with van der Waals surface area (Å²) in [6.45, 7) is 1.46. The molecule has 4 nitrogen and oxygen atoms in total. The SMILES string of the molecule is CN(C)CC(=O)N1CC2CC(N)CC1C2. The van der Waals surface area contributed by atoms with Crippen LogP contribution < -0.4 is 5.73 Å². The predicted octanol–water partition coefficient (Wildman–Crippen LogP) is -0.114. The molecule has 2 bridgehead atoms. The number of fused-ring (bicyclic) bond motifs is 2. The third kappa shape index (κ3) is 2.32. The Bertz CT molecular complexity index is 254. The van der Waals surface area contributed by atoms with E-state index in [1.165, 1.54) is 6.42 Å². The van der Waals surface area contributed by atoms with Gasteiger partial charge >= 0.3 is 0 Å². The van der Waals surface area contributed by atoms with Gasteiger partial charge in [-0.2, -0.15) is 0 Å². The van der Waals surface area contributed by atoms with E-state index in [9.17, 15) is 4.79 Å². The number of likely N-dealkylation sites (tertiary alicyclic amines) is 1. The third-order valence-electron chi connectivity index (χ3n) is 3.48. The average Bonchev–Trinajstić information content (AvgIpc) is 2.40. The molecule has 1 amide bonds. The fourth-order valence-electron chi connectivity index (χ4n) is 2.95. The first-order chi connectivity index (χ1) is 7.06. The molecule has 1 aliphatic heterocycles. The lowest BCUT2D eigenvalue weighted by atomic mass is 9.87. The fourth-order valence-corrected chi connectivity index (χ4v) is 2.95. The standard InChI is InChI=1S/C11H21N3O/c1-13(2)7-11(15)14-6-8-3-9(12)5-10(14)4-8/h8-10H,3-7,12H2,1-2H3. The van der Waals surface area contributed by atoms with Crippen LogP contribution in [0, 0.1) is 5.92 Å². The summed E-state index contributed by atoms with van der Waals surface area (Å²) in [5, 5.41) is 0. The fraction of sp³-hybridized carbons (Fsp3) is 0.909. The van der Waals surface area contributed by atoms with Crippen molar-refractivity contribution >= 4 is 5.91 Å². The molecule has 0 spiro atoms. The molecule has 2 fully saturated rings. The lowest BCUT2D eigenvalue weighted by molar-refractivity contribution is -0.132. The van der Waals surface area contributed by atoms with Gasteiger partial charge in [-0.3, -0.25) is 4.79 Å². The first-order valence-corrected chi connectivity index (χ1v) is 5.76. The van der Waals surface area contributed by atoms with Crippen LogP contribution in [0.1, 0.15) is 19.3 Å². The molecule has 0 radical (unpaired) electrons. The van der Waals surface area contributed by atoms with Crippen molar-refractivity contribution in [3.63, 3.8) is 0 Å². The Hall–Kier alpha value is -0.610. The molecule has 1 aliphatic carbocycles. The third-order valence-corrected chi connectivity index (χ3v) is 3.48. The summed E-state index contributed by atoms with van der Waals surface area (Å²) in [6, 6.07) is 0.733. The van der Waals surface area contributed by atoms with Crippen LogP contribution in [0.3, 0.4) is 0 Å². The molecule has 0 aromatic rings. The van der Waals surface area contributed by atoms with E-state index in [-0.39, 0.29) is 5.91 Å². The van der Waals surface area contributed by atoms with Gasteiger partial charge < -0.3 is 15.5 Å². The van der Waals surface area contributed by atoms with E-state index >= 15 is 0 Å². The van der Waals surface area contributed by atoms with Crippen molar-refractivity contribution in [1.29, 1.82) is 0 Å². The van der Waals surface area contributed by atoms with E-state index < -0.39 is 0 Å². The Morgan fingerprint density at radius 2 is 2.13 bits per heavy atom. The minimum Gasteiger partial charge on any atom is -0.338 e. The van der Waals surface area contributed by atoms with Crippen LogP contribution in [0.2, 0.25) is 0 Å². The minimum absolute atomic E-state index is 0.265. The first-order valence-electron chi connectivity index (χ1n) is 5.76. The maximum atomic E-state index is 11.9. The summed E-state index contributed by atoms with van der Waals surface area (Å²) in [5.74, 6) is 0.923. The van der Waals surface area contributed by atoms with Gasteiger partial charge in [-0.15, -0.1) is 0 Å². The number of carbonyl (C=O) groups is 1. The summed E-state index contributed by atoms with van der Waals surface area (Å²) in [6.07, 6.45) is 3.27. The molecule has 3 unspecified atom stereocenters.